The topological polar surface area (TPSA) is 43.1 Å². The molecule has 0 atom stereocenters. The largest absolute Gasteiger partial charge is 0.403 e. The molecule has 4 rings (SSSR count). The summed E-state index contributed by atoms with van der Waals surface area (Å²) >= 11 is 0. The highest BCUT2D eigenvalue weighted by molar-refractivity contribution is 5.95. The van der Waals surface area contributed by atoms with E-state index < -0.39 is 0 Å². The Hall–Kier alpha value is -2.94. The van der Waals surface area contributed by atoms with E-state index in [1.54, 1.807) is 6.07 Å². The summed E-state index contributed by atoms with van der Waals surface area (Å²) in [6.45, 7) is 1.94. The summed E-state index contributed by atoms with van der Waals surface area (Å²) in [5, 5.41) is 2.63. The molecule has 0 N–H and O–H groups in total. The van der Waals surface area contributed by atoms with Gasteiger partial charge in [0, 0.05) is 5.56 Å². The minimum Gasteiger partial charge on any atom is -0.403 e. The van der Waals surface area contributed by atoms with E-state index in [1.165, 1.54) is 0 Å². The molecule has 22 heavy (non-hydrogen) atoms. The van der Waals surface area contributed by atoms with Gasteiger partial charge in [0.05, 0.1) is 10.9 Å². The Morgan fingerprint density at radius 2 is 1.73 bits per heavy atom. The van der Waals surface area contributed by atoms with Gasteiger partial charge in [-0.25, -0.2) is 9.78 Å². The third-order valence-electron chi connectivity index (χ3n) is 3.80. The van der Waals surface area contributed by atoms with Crippen molar-refractivity contribution in [2.75, 3.05) is 0 Å². The average molecular weight is 287 g/mol. The van der Waals surface area contributed by atoms with Gasteiger partial charge in [0.1, 0.15) is 0 Å². The highest BCUT2D eigenvalue weighted by Crippen LogP contribution is 2.27. The number of hydrogen-bond donors (Lipinski definition) is 0. The van der Waals surface area contributed by atoms with Crippen molar-refractivity contribution >= 4 is 21.7 Å². The van der Waals surface area contributed by atoms with E-state index in [1.807, 2.05) is 61.5 Å². The Kier molecular flexibility index (Phi) is 2.79. The Bertz CT molecular complexity index is 1060. The van der Waals surface area contributed by atoms with Gasteiger partial charge >= 0.3 is 5.63 Å². The molecular weight excluding hydrogens is 274 g/mol. The van der Waals surface area contributed by atoms with Crippen LogP contribution < -0.4 is 5.63 Å². The van der Waals surface area contributed by atoms with Crippen LogP contribution in [0.4, 0.5) is 0 Å². The van der Waals surface area contributed by atoms with Crippen molar-refractivity contribution in [3.05, 3.63) is 76.6 Å². The number of aromatic nitrogens is 1. The lowest BCUT2D eigenvalue weighted by Gasteiger charge is -2.06. The normalized spacial score (nSPS) is 11.1. The van der Waals surface area contributed by atoms with E-state index in [4.69, 9.17) is 4.42 Å². The van der Waals surface area contributed by atoms with E-state index in [2.05, 4.69) is 4.98 Å². The first-order valence-corrected chi connectivity index (χ1v) is 7.12. The van der Waals surface area contributed by atoms with E-state index >= 15 is 0 Å². The first kappa shape index (κ1) is 12.8. The molecule has 0 aliphatic rings. The van der Waals surface area contributed by atoms with Crippen LogP contribution >= 0.6 is 0 Å². The maximum Gasteiger partial charge on any atom is 0.347 e. The molecule has 0 unspecified atom stereocenters. The zero-order chi connectivity index (χ0) is 15.1. The predicted octanol–water partition coefficient (Wildman–Crippen LogP) is 4.32. The van der Waals surface area contributed by atoms with Gasteiger partial charge in [0.15, 0.2) is 0 Å². The number of nitrogens with zero attached hydrogens (tertiary/aromatic N) is 1. The zero-order valence-corrected chi connectivity index (χ0v) is 12.0. The summed E-state index contributed by atoms with van der Waals surface area (Å²) in [4.78, 5) is 16.8. The molecule has 0 aliphatic carbocycles. The third kappa shape index (κ3) is 1.99. The molecule has 3 aromatic carbocycles. The van der Waals surface area contributed by atoms with Crippen LogP contribution in [0.15, 0.2) is 69.9 Å². The molecule has 0 spiro atoms. The lowest BCUT2D eigenvalue weighted by molar-refractivity contribution is 0.519. The van der Waals surface area contributed by atoms with Gasteiger partial charge in [-0.05, 0) is 35.9 Å². The third-order valence-corrected chi connectivity index (χ3v) is 3.80. The van der Waals surface area contributed by atoms with Gasteiger partial charge in [-0.2, -0.15) is 0 Å². The smallest absolute Gasteiger partial charge is 0.347 e. The number of benzene rings is 3. The minimum absolute atomic E-state index is 0.350. The Labute approximate surface area is 126 Å². The Balaban J connectivity index is 2.05. The fourth-order valence-electron chi connectivity index (χ4n) is 2.71. The highest BCUT2D eigenvalue weighted by Gasteiger charge is 2.11. The summed E-state index contributed by atoms with van der Waals surface area (Å²) in [7, 11) is 0. The van der Waals surface area contributed by atoms with Crippen LogP contribution in [-0.4, -0.2) is 4.98 Å². The fourth-order valence-corrected chi connectivity index (χ4v) is 2.71. The summed E-state index contributed by atoms with van der Waals surface area (Å²) < 4.78 is 5.47. The van der Waals surface area contributed by atoms with Crippen LogP contribution in [0.25, 0.3) is 33.1 Å². The lowest BCUT2D eigenvalue weighted by atomic mass is 10.0. The van der Waals surface area contributed by atoms with Gasteiger partial charge in [0.2, 0.25) is 5.89 Å². The molecule has 0 amide bonds. The fraction of sp³-hybridized carbons (Fsp3) is 0.0526. The van der Waals surface area contributed by atoms with Crippen LogP contribution in [0, 0.1) is 6.92 Å². The second-order valence-electron chi connectivity index (χ2n) is 5.35. The maximum absolute atomic E-state index is 12.3. The van der Waals surface area contributed by atoms with Crippen molar-refractivity contribution in [1.82, 2.24) is 4.98 Å². The molecule has 0 aliphatic heterocycles. The van der Waals surface area contributed by atoms with Crippen molar-refractivity contribution < 1.29 is 4.42 Å². The SMILES string of the molecule is Cc1ccc2nc(-c3cccc4ccccc34)oc(=O)c2c1. The van der Waals surface area contributed by atoms with Crippen molar-refractivity contribution in [3.8, 4) is 11.5 Å². The number of hydrogen-bond acceptors (Lipinski definition) is 3. The molecule has 3 nitrogen and oxygen atoms in total. The van der Waals surface area contributed by atoms with Crippen LogP contribution in [0.5, 0.6) is 0 Å². The average Bonchev–Trinajstić information content (AvgIpc) is 2.55. The first-order chi connectivity index (χ1) is 10.7. The molecule has 0 fully saturated rings. The zero-order valence-electron chi connectivity index (χ0n) is 12.0. The Morgan fingerprint density at radius 1 is 0.909 bits per heavy atom. The van der Waals surface area contributed by atoms with Gasteiger partial charge in [-0.1, -0.05) is 48.0 Å². The van der Waals surface area contributed by atoms with Crippen molar-refractivity contribution in [1.29, 1.82) is 0 Å². The van der Waals surface area contributed by atoms with Crippen molar-refractivity contribution in [2.24, 2.45) is 0 Å². The van der Waals surface area contributed by atoms with E-state index in [-0.39, 0.29) is 5.63 Å². The standard InChI is InChI=1S/C19H13NO2/c1-12-9-10-17-16(11-12)19(21)22-18(20-17)15-8-4-6-13-5-2-3-7-14(13)15/h2-11H,1H3. The van der Waals surface area contributed by atoms with Gasteiger partial charge < -0.3 is 4.42 Å². The molecule has 106 valence electrons. The van der Waals surface area contributed by atoms with E-state index in [0.29, 0.717) is 16.8 Å². The molecule has 0 saturated carbocycles. The van der Waals surface area contributed by atoms with Crippen LogP contribution in [0.1, 0.15) is 5.56 Å². The first-order valence-electron chi connectivity index (χ1n) is 7.12. The second-order valence-corrected chi connectivity index (χ2v) is 5.35. The lowest BCUT2D eigenvalue weighted by Crippen LogP contribution is -2.03. The second kappa shape index (κ2) is 4.81. The van der Waals surface area contributed by atoms with Gasteiger partial charge in [-0.3, -0.25) is 0 Å². The number of fused-ring (bicyclic) bond motifs is 2. The van der Waals surface area contributed by atoms with E-state index in [0.717, 1.165) is 21.9 Å². The monoisotopic (exact) mass is 287 g/mol. The van der Waals surface area contributed by atoms with Crippen LogP contribution in [0.3, 0.4) is 0 Å². The molecule has 0 bridgehead atoms. The van der Waals surface area contributed by atoms with Crippen molar-refractivity contribution in [3.63, 3.8) is 0 Å². The molecule has 1 aromatic heterocycles. The summed E-state index contributed by atoms with van der Waals surface area (Å²) in [6.07, 6.45) is 0. The van der Waals surface area contributed by atoms with Gasteiger partial charge in [0.25, 0.3) is 0 Å². The molecule has 4 aromatic rings. The van der Waals surface area contributed by atoms with Crippen molar-refractivity contribution in [2.45, 2.75) is 6.92 Å². The molecule has 0 saturated heterocycles. The van der Waals surface area contributed by atoms with Gasteiger partial charge in [-0.15, -0.1) is 0 Å². The predicted molar refractivity (Wildman–Crippen MR) is 88.0 cm³/mol. The number of rotatable bonds is 1. The summed E-state index contributed by atoms with van der Waals surface area (Å²) in [6, 6.07) is 19.5. The Morgan fingerprint density at radius 3 is 2.64 bits per heavy atom. The molecule has 3 heteroatoms. The number of aryl methyl sites for hydroxylation is 1. The highest BCUT2D eigenvalue weighted by atomic mass is 16.4. The molecule has 1 heterocycles. The van der Waals surface area contributed by atoms with E-state index in [9.17, 15) is 4.79 Å². The van der Waals surface area contributed by atoms with Crippen LogP contribution in [-0.2, 0) is 0 Å². The molecular formula is C19H13NO2. The quantitative estimate of drug-likeness (QED) is 0.523. The molecule has 0 radical (unpaired) electrons. The summed E-state index contributed by atoms with van der Waals surface area (Å²) in [5.74, 6) is 0.359. The minimum atomic E-state index is -0.350. The van der Waals surface area contributed by atoms with Crippen LogP contribution in [0.2, 0.25) is 0 Å². The summed E-state index contributed by atoms with van der Waals surface area (Å²) in [5.41, 5.74) is 2.15. The maximum atomic E-state index is 12.3.